The van der Waals surface area contributed by atoms with E-state index in [0.717, 1.165) is 28.8 Å². The van der Waals surface area contributed by atoms with Gasteiger partial charge in [0.2, 0.25) is 5.89 Å². The second kappa shape index (κ2) is 4.84. The van der Waals surface area contributed by atoms with Crippen LogP contribution < -0.4 is 5.73 Å². The molecule has 0 saturated heterocycles. The number of oxazole rings is 1. The van der Waals surface area contributed by atoms with E-state index < -0.39 is 0 Å². The monoisotopic (exact) mass is 248 g/mol. The summed E-state index contributed by atoms with van der Waals surface area (Å²) < 4.78 is 5.54. The maximum Gasteiger partial charge on any atom is 0.204 e. The molecule has 2 rings (SSSR count). The van der Waals surface area contributed by atoms with Crippen LogP contribution in [0.15, 0.2) is 27.5 Å². The summed E-state index contributed by atoms with van der Waals surface area (Å²) in [5, 5.41) is 0. The highest BCUT2D eigenvalue weighted by Crippen LogP contribution is 2.28. The second-order valence-electron chi connectivity index (χ2n) is 4.06. The number of nitrogens with zero attached hydrogens (tertiary/aromatic N) is 1. The molecule has 1 aromatic carbocycles. The van der Waals surface area contributed by atoms with Gasteiger partial charge >= 0.3 is 0 Å². The van der Waals surface area contributed by atoms with Crippen molar-refractivity contribution in [1.82, 2.24) is 4.98 Å². The molecule has 0 amide bonds. The van der Waals surface area contributed by atoms with E-state index in [1.807, 2.05) is 32.0 Å². The van der Waals surface area contributed by atoms with Crippen LogP contribution in [0.4, 0.5) is 5.69 Å². The Balaban J connectivity index is 2.09. The lowest BCUT2D eigenvalue weighted by Gasteiger charge is -2.04. The SMILES string of the molecule is Cc1ccc(N)cc1SCc1nc(C)c(C)o1. The van der Waals surface area contributed by atoms with Crippen molar-refractivity contribution >= 4 is 17.4 Å². The molecular formula is C13H16N2OS. The van der Waals surface area contributed by atoms with Crippen LogP contribution in [0, 0.1) is 20.8 Å². The molecule has 3 nitrogen and oxygen atoms in total. The second-order valence-corrected chi connectivity index (χ2v) is 5.08. The van der Waals surface area contributed by atoms with Crippen LogP contribution in [-0.4, -0.2) is 4.98 Å². The third kappa shape index (κ3) is 2.82. The number of anilines is 1. The summed E-state index contributed by atoms with van der Waals surface area (Å²) in [5.41, 5.74) is 8.75. The van der Waals surface area contributed by atoms with Crippen LogP contribution in [0.1, 0.15) is 22.9 Å². The number of nitrogens with two attached hydrogens (primary N) is 1. The summed E-state index contributed by atoms with van der Waals surface area (Å²) in [6.07, 6.45) is 0. The van der Waals surface area contributed by atoms with Crippen molar-refractivity contribution in [3.8, 4) is 0 Å². The fourth-order valence-electron chi connectivity index (χ4n) is 1.51. The molecule has 2 N–H and O–H groups in total. The zero-order chi connectivity index (χ0) is 12.4. The molecule has 90 valence electrons. The maximum atomic E-state index is 5.77. The van der Waals surface area contributed by atoms with Gasteiger partial charge < -0.3 is 10.2 Å². The molecule has 0 saturated carbocycles. The van der Waals surface area contributed by atoms with Crippen molar-refractivity contribution in [1.29, 1.82) is 0 Å². The highest BCUT2D eigenvalue weighted by atomic mass is 32.2. The number of hydrogen-bond donors (Lipinski definition) is 1. The molecule has 1 heterocycles. The summed E-state index contributed by atoms with van der Waals surface area (Å²) in [6, 6.07) is 5.94. The largest absolute Gasteiger partial charge is 0.445 e. The summed E-state index contributed by atoms with van der Waals surface area (Å²) in [5.74, 6) is 2.40. The molecule has 0 atom stereocenters. The summed E-state index contributed by atoms with van der Waals surface area (Å²) in [6.45, 7) is 5.97. The van der Waals surface area contributed by atoms with Gasteiger partial charge in [-0.2, -0.15) is 0 Å². The number of rotatable bonds is 3. The van der Waals surface area contributed by atoms with E-state index in [9.17, 15) is 0 Å². The average Bonchev–Trinajstić information content (AvgIpc) is 2.60. The van der Waals surface area contributed by atoms with E-state index >= 15 is 0 Å². The highest BCUT2D eigenvalue weighted by molar-refractivity contribution is 7.98. The molecule has 1 aromatic heterocycles. The van der Waals surface area contributed by atoms with Crippen LogP contribution in [0.5, 0.6) is 0 Å². The molecule has 0 spiro atoms. The Bertz CT molecular complexity index is 515. The molecule has 0 unspecified atom stereocenters. The van der Waals surface area contributed by atoms with Crippen LogP contribution in [-0.2, 0) is 5.75 Å². The quantitative estimate of drug-likeness (QED) is 0.667. The van der Waals surface area contributed by atoms with Crippen molar-refractivity contribution in [3.05, 3.63) is 41.1 Å². The predicted octanol–water partition coefficient (Wildman–Crippen LogP) is 3.47. The number of aryl methyl sites for hydroxylation is 3. The van der Waals surface area contributed by atoms with Gasteiger partial charge in [0.05, 0.1) is 11.4 Å². The Morgan fingerprint density at radius 1 is 1.29 bits per heavy atom. The zero-order valence-corrected chi connectivity index (χ0v) is 11.1. The minimum absolute atomic E-state index is 0.735. The first-order valence-electron chi connectivity index (χ1n) is 5.48. The third-order valence-electron chi connectivity index (χ3n) is 2.64. The summed E-state index contributed by atoms with van der Waals surface area (Å²) in [7, 11) is 0. The van der Waals surface area contributed by atoms with Gasteiger partial charge in [-0.25, -0.2) is 4.98 Å². The lowest BCUT2D eigenvalue weighted by atomic mass is 10.2. The van der Waals surface area contributed by atoms with Crippen LogP contribution in [0.25, 0.3) is 0 Å². The lowest BCUT2D eigenvalue weighted by Crippen LogP contribution is -1.88. The van der Waals surface area contributed by atoms with Crippen molar-refractivity contribution in [3.63, 3.8) is 0 Å². The molecule has 0 bridgehead atoms. The Hall–Kier alpha value is -1.42. The lowest BCUT2D eigenvalue weighted by molar-refractivity contribution is 0.489. The van der Waals surface area contributed by atoms with Crippen molar-refractivity contribution < 1.29 is 4.42 Å². The molecule has 0 fully saturated rings. The van der Waals surface area contributed by atoms with Gasteiger partial charge in [0.15, 0.2) is 0 Å². The predicted molar refractivity (Wildman–Crippen MR) is 71.1 cm³/mol. The van der Waals surface area contributed by atoms with E-state index in [1.165, 1.54) is 10.5 Å². The molecule has 0 aliphatic heterocycles. The number of aromatic nitrogens is 1. The van der Waals surface area contributed by atoms with Gasteiger partial charge in [-0.3, -0.25) is 0 Å². The fraction of sp³-hybridized carbons (Fsp3) is 0.308. The first-order chi connectivity index (χ1) is 8.06. The Morgan fingerprint density at radius 2 is 2.06 bits per heavy atom. The van der Waals surface area contributed by atoms with E-state index in [4.69, 9.17) is 10.2 Å². The number of nitrogen functional groups attached to an aromatic ring is 1. The molecule has 17 heavy (non-hydrogen) atoms. The number of benzene rings is 1. The first kappa shape index (κ1) is 12.0. The van der Waals surface area contributed by atoms with Crippen LogP contribution >= 0.6 is 11.8 Å². The first-order valence-corrected chi connectivity index (χ1v) is 6.46. The standard InChI is InChI=1S/C13H16N2OS/c1-8-4-5-11(14)6-12(8)17-7-13-15-9(2)10(3)16-13/h4-6H,7,14H2,1-3H3. The highest BCUT2D eigenvalue weighted by Gasteiger charge is 2.07. The van der Waals surface area contributed by atoms with Gasteiger partial charge in [0, 0.05) is 10.6 Å². The van der Waals surface area contributed by atoms with Gasteiger partial charge in [0.1, 0.15) is 5.76 Å². The van der Waals surface area contributed by atoms with Gasteiger partial charge in [-0.1, -0.05) is 6.07 Å². The van der Waals surface area contributed by atoms with Crippen molar-refractivity contribution in [2.45, 2.75) is 31.4 Å². The Kier molecular flexibility index (Phi) is 3.43. The number of hydrogen-bond acceptors (Lipinski definition) is 4. The minimum Gasteiger partial charge on any atom is -0.445 e. The third-order valence-corrected chi connectivity index (χ3v) is 3.78. The Morgan fingerprint density at radius 3 is 2.71 bits per heavy atom. The van der Waals surface area contributed by atoms with Crippen molar-refractivity contribution in [2.24, 2.45) is 0 Å². The van der Waals surface area contributed by atoms with Crippen LogP contribution in [0.2, 0.25) is 0 Å². The van der Waals surface area contributed by atoms with Crippen molar-refractivity contribution in [2.75, 3.05) is 5.73 Å². The van der Waals surface area contributed by atoms with Crippen LogP contribution in [0.3, 0.4) is 0 Å². The molecule has 0 radical (unpaired) electrons. The zero-order valence-electron chi connectivity index (χ0n) is 10.3. The smallest absolute Gasteiger partial charge is 0.204 e. The van der Waals surface area contributed by atoms with E-state index in [-0.39, 0.29) is 0 Å². The topological polar surface area (TPSA) is 52.0 Å². The molecule has 2 aromatic rings. The Labute approximate surface area is 105 Å². The van der Waals surface area contributed by atoms with Gasteiger partial charge in [0.25, 0.3) is 0 Å². The summed E-state index contributed by atoms with van der Waals surface area (Å²) in [4.78, 5) is 5.54. The average molecular weight is 248 g/mol. The number of thioether (sulfide) groups is 1. The molecular weight excluding hydrogens is 232 g/mol. The molecule has 0 aliphatic carbocycles. The van der Waals surface area contributed by atoms with E-state index in [2.05, 4.69) is 11.9 Å². The van der Waals surface area contributed by atoms with E-state index in [0.29, 0.717) is 0 Å². The van der Waals surface area contributed by atoms with E-state index in [1.54, 1.807) is 11.8 Å². The van der Waals surface area contributed by atoms with Gasteiger partial charge in [-0.15, -0.1) is 11.8 Å². The molecule has 0 aliphatic rings. The maximum absolute atomic E-state index is 5.77. The minimum atomic E-state index is 0.735. The normalized spacial score (nSPS) is 10.8. The summed E-state index contributed by atoms with van der Waals surface area (Å²) >= 11 is 1.70. The fourth-order valence-corrected chi connectivity index (χ4v) is 2.43. The van der Waals surface area contributed by atoms with Gasteiger partial charge in [-0.05, 0) is 38.5 Å². The molecule has 4 heteroatoms.